The van der Waals surface area contributed by atoms with Crippen molar-refractivity contribution in [3.8, 4) is 123 Å². The van der Waals surface area contributed by atoms with Gasteiger partial charge in [-0.25, -0.2) is 19.9 Å². The highest BCUT2D eigenvalue weighted by Gasteiger charge is 2.22. The van der Waals surface area contributed by atoms with Crippen molar-refractivity contribution in [1.82, 2.24) is 29.1 Å². The van der Waals surface area contributed by atoms with Gasteiger partial charge < -0.3 is 9.13 Å². The minimum Gasteiger partial charge on any atom is -0.309 e. The lowest BCUT2D eigenvalue weighted by Gasteiger charge is -2.16. The SMILES string of the molecule is c1ccc(-c2cc(-c3ccc(-c4nc5c(-c6cccc(-n7c8ccccc8c8ccccc87)c6)cccc5c5c4ccc4ccccc45)cc3)cc(-c3ccccc3)n2)cc1.c1ccc(-c2cc(-c3ccc(-c4nc5ccc(-c6ccc(-n7c8ccccc8c8ccccc87)cc6)cc5c5c4ccc4ccccc45)cc3)cc(-c3ccccc3)n2)cc1. The maximum absolute atomic E-state index is 5.64. The molecule has 0 amide bonds. The van der Waals surface area contributed by atoms with Crippen LogP contribution in [0.1, 0.15) is 0 Å². The minimum atomic E-state index is 0.949. The van der Waals surface area contributed by atoms with Crippen LogP contribution in [0, 0.1) is 0 Å². The number of nitrogens with zero attached hydrogens (tertiary/aromatic N) is 6. The van der Waals surface area contributed by atoms with Crippen LogP contribution in [0.4, 0.5) is 0 Å². The van der Waals surface area contributed by atoms with Gasteiger partial charge in [-0.2, -0.15) is 0 Å². The molecule has 568 valence electrons. The van der Waals surface area contributed by atoms with Gasteiger partial charge in [0.25, 0.3) is 0 Å². The van der Waals surface area contributed by atoms with E-state index in [1.807, 2.05) is 24.3 Å². The molecule has 6 heterocycles. The molecule has 0 aliphatic carbocycles. The quantitative estimate of drug-likeness (QED) is 0.114. The third-order valence-corrected chi connectivity index (χ3v) is 24.3. The van der Waals surface area contributed by atoms with Crippen molar-refractivity contribution in [3.63, 3.8) is 0 Å². The maximum Gasteiger partial charge on any atom is 0.0794 e. The fourth-order valence-electron chi connectivity index (χ4n) is 18.5. The topological polar surface area (TPSA) is 61.4 Å². The first kappa shape index (κ1) is 71.1. The normalized spacial score (nSPS) is 11.6. The molecule has 0 radical (unpaired) electrons. The van der Waals surface area contributed by atoms with E-state index in [4.69, 9.17) is 19.9 Å². The Labute approximate surface area is 705 Å². The molecule has 0 saturated heterocycles. The van der Waals surface area contributed by atoms with E-state index in [0.29, 0.717) is 0 Å². The highest BCUT2D eigenvalue weighted by molar-refractivity contribution is 6.25. The fourth-order valence-corrected chi connectivity index (χ4v) is 18.5. The van der Waals surface area contributed by atoms with Crippen molar-refractivity contribution in [3.05, 3.63) is 449 Å². The summed E-state index contributed by atoms with van der Waals surface area (Å²) in [4.78, 5) is 21.3. The molecule has 6 aromatic heterocycles. The molecule has 0 unspecified atom stereocenters. The summed E-state index contributed by atoms with van der Waals surface area (Å²) < 4.78 is 4.75. The molecule has 0 aliphatic rings. The van der Waals surface area contributed by atoms with Crippen molar-refractivity contribution >= 4 is 109 Å². The molecule has 122 heavy (non-hydrogen) atoms. The van der Waals surface area contributed by atoms with E-state index in [-0.39, 0.29) is 0 Å². The summed E-state index contributed by atoms with van der Waals surface area (Å²) in [6, 6.07) is 161. The van der Waals surface area contributed by atoms with E-state index in [0.717, 1.165) is 150 Å². The lowest BCUT2D eigenvalue weighted by atomic mass is 9.92. The van der Waals surface area contributed by atoms with Gasteiger partial charge in [0, 0.05) is 104 Å². The Morgan fingerprint density at radius 3 is 0.967 bits per heavy atom. The monoisotopic (exact) mass is 1550 g/mol. The number of pyridine rings is 4. The summed E-state index contributed by atoms with van der Waals surface area (Å²) >= 11 is 0. The van der Waals surface area contributed by atoms with Crippen molar-refractivity contribution < 1.29 is 0 Å². The summed E-state index contributed by atoms with van der Waals surface area (Å²) in [5.41, 5.74) is 30.4. The zero-order valence-corrected chi connectivity index (χ0v) is 66.4. The second-order valence-electron chi connectivity index (χ2n) is 31.5. The molecule has 0 saturated carbocycles. The fraction of sp³-hybridized carbons (Fsp3) is 0. The Morgan fingerprint density at radius 1 is 0.164 bits per heavy atom. The lowest BCUT2D eigenvalue weighted by Crippen LogP contribution is -1.96. The maximum atomic E-state index is 5.64. The summed E-state index contributed by atoms with van der Waals surface area (Å²) in [5.74, 6) is 0. The van der Waals surface area contributed by atoms with Crippen LogP contribution in [0.15, 0.2) is 449 Å². The standard InChI is InChI=1S/2C58H37N3/c1-3-16-40(17-4-1)52-36-44(37-53(59-52)41-18-5-2-6-19-41)38-29-31-42(32-30-38)57-51-34-33-39-15-7-8-22-46(39)56(51)50-26-14-25-47(58(50)60-57)43-20-13-21-45(35-43)61-54-27-11-9-23-48(54)49-24-10-12-28-55(49)61;1-3-14-41(15-4-1)53-36-45(37-54(59-53)42-16-5-2-6-17-42)39-23-25-43(26-24-39)58-50-33-29-40-13-7-8-18-47(40)57(50)51-35-44(30-34-52(51)60-58)38-27-31-46(32-28-38)61-55-21-11-9-19-48(55)49-20-10-12-22-56(49)61/h2*1-37H. The first-order valence-corrected chi connectivity index (χ1v) is 41.6. The number of para-hydroxylation sites is 5. The number of benzene rings is 18. The van der Waals surface area contributed by atoms with E-state index in [9.17, 15) is 0 Å². The van der Waals surface area contributed by atoms with Crippen LogP contribution in [-0.4, -0.2) is 29.1 Å². The Morgan fingerprint density at radius 2 is 0.508 bits per heavy atom. The van der Waals surface area contributed by atoms with Gasteiger partial charge in [-0.05, 0) is 145 Å². The van der Waals surface area contributed by atoms with Crippen molar-refractivity contribution in [2.75, 3.05) is 0 Å². The van der Waals surface area contributed by atoms with E-state index in [2.05, 4.69) is 434 Å². The van der Waals surface area contributed by atoms with E-state index in [1.165, 1.54) is 81.5 Å². The van der Waals surface area contributed by atoms with Crippen LogP contribution in [0.2, 0.25) is 0 Å². The van der Waals surface area contributed by atoms with Gasteiger partial charge in [0.05, 0.1) is 67.3 Å². The second kappa shape index (κ2) is 30.0. The predicted octanol–water partition coefficient (Wildman–Crippen LogP) is 30.7. The largest absolute Gasteiger partial charge is 0.309 e. The highest BCUT2D eigenvalue weighted by atomic mass is 15.0. The summed E-state index contributed by atoms with van der Waals surface area (Å²) in [7, 11) is 0. The van der Waals surface area contributed by atoms with Crippen molar-refractivity contribution in [2.45, 2.75) is 0 Å². The van der Waals surface area contributed by atoms with E-state index >= 15 is 0 Å². The Bertz CT molecular complexity index is 7980. The molecule has 0 N–H and O–H groups in total. The average molecular weight is 1550 g/mol. The minimum absolute atomic E-state index is 0.949. The van der Waals surface area contributed by atoms with Crippen LogP contribution >= 0.6 is 0 Å². The molecule has 0 aliphatic heterocycles. The van der Waals surface area contributed by atoms with Crippen molar-refractivity contribution in [1.29, 1.82) is 0 Å². The van der Waals surface area contributed by atoms with Crippen LogP contribution < -0.4 is 0 Å². The zero-order chi connectivity index (χ0) is 80.6. The molecule has 24 rings (SSSR count). The number of rotatable bonds is 12. The first-order chi connectivity index (χ1) is 60.5. The molecule has 0 spiro atoms. The van der Waals surface area contributed by atoms with Gasteiger partial charge in [-0.1, -0.05) is 364 Å². The average Bonchev–Trinajstić information content (AvgIpc) is 0.973. The summed E-state index contributed by atoms with van der Waals surface area (Å²) in [5, 5.41) is 16.9. The van der Waals surface area contributed by atoms with Gasteiger partial charge in [0.15, 0.2) is 0 Å². The molecule has 6 heteroatoms. The Balaban J connectivity index is 0.000000142. The number of hydrogen-bond donors (Lipinski definition) is 0. The van der Waals surface area contributed by atoms with Gasteiger partial charge in [-0.3, -0.25) is 0 Å². The first-order valence-electron chi connectivity index (χ1n) is 41.6. The third kappa shape index (κ3) is 12.6. The number of aromatic nitrogens is 6. The van der Waals surface area contributed by atoms with Crippen LogP contribution in [0.5, 0.6) is 0 Å². The van der Waals surface area contributed by atoms with Crippen LogP contribution in [0.25, 0.3) is 232 Å². The number of fused-ring (bicyclic) bond motifs is 16. The van der Waals surface area contributed by atoms with Gasteiger partial charge in [-0.15, -0.1) is 0 Å². The molecule has 6 nitrogen and oxygen atoms in total. The third-order valence-electron chi connectivity index (χ3n) is 24.3. The number of hydrogen-bond acceptors (Lipinski definition) is 4. The van der Waals surface area contributed by atoms with Crippen molar-refractivity contribution in [2.24, 2.45) is 0 Å². The van der Waals surface area contributed by atoms with Gasteiger partial charge >= 0.3 is 0 Å². The van der Waals surface area contributed by atoms with Gasteiger partial charge in [0.1, 0.15) is 0 Å². The Kier molecular flexibility index (Phi) is 17.5. The molecule has 24 aromatic rings. The highest BCUT2D eigenvalue weighted by Crippen LogP contribution is 2.45. The predicted molar refractivity (Wildman–Crippen MR) is 512 cm³/mol. The smallest absolute Gasteiger partial charge is 0.0794 e. The van der Waals surface area contributed by atoms with Crippen LogP contribution in [0.3, 0.4) is 0 Å². The zero-order valence-electron chi connectivity index (χ0n) is 66.4. The van der Waals surface area contributed by atoms with E-state index < -0.39 is 0 Å². The van der Waals surface area contributed by atoms with Gasteiger partial charge in [0.2, 0.25) is 0 Å². The molecule has 0 fully saturated rings. The Hall–Kier alpha value is -16.3. The second-order valence-corrected chi connectivity index (χ2v) is 31.5. The molecular formula is C116H74N6. The van der Waals surface area contributed by atoms with Crippen LogP contribution in [-0.2, 0) is 0 Å². The summed E-state index contributed by atoms with van der Waals surface area (Å²) in [6.07, 6.45) is 0. The van der Waals surface area contributed by atoms with E-state index in [1.54, 1.807) is 0 Å². The summed E-state index contributed by atoms with van der Waals surface area (Å²) in [6.45, 7) is 0. The lowest BCUT2D eigenvalue weighted by molar-refractivity contribution is 1.18. The molecular weight excluding hydrogens is 1480 g/mol. The molecule has 0 atom stereocenters. The molecule has 0 bridgehead atoms. The molecule has 18 aromatic carbocycles.